The van der Waals surface area contributed by atoms with E-state index in [0.29, 0.717) is 5.56 Å². The summed E-state index contributed by atoms with van der Waals surface area (Å²) in [6, 6.07) is 9.60. The molecule has 1 aromatic heterocycles. The lowest BCUT2D eigenvalue weighted by Crippen LogP contribution is -2.23. The molecule has 0 unspecified atom stereocenters. The first kappa shape index (κ1) is 14.5. The molecule has 0 bridgehead atoms. The number of carbonyl (C=O) groups excluding carboxylic acids is 1. The van der Waals surface area contributed by atoms with Crippen LogP contribution in [0.2, 0.25) is 0 Å². The summed E-state index contributed by atoms with van der Waals surface area (Å²) in [5.41, 5.74) is 4.42. The van der Waals surface area contributed by atoms with Gasteiger partial charge in [0, 0.05) is 12.6 Å². The molecule has 2 rings (SSSR count). The first-order chi connectivity index (χ1) is 9.40. The van der Waals surface area contributed by atoms with Gasteiger partial charge in [0.1, 0.15) is 0 Å². The van der Waals surface area contributed by atoms with Crippen LogP contribution in [0, 0.1) is 13.8 Å². The molecular weight excluding hydrogens is 274 g/mol. The fraction of sp³-hybridized carbons (Fsp3) is 0.250. The van der Waals surface area contributed by atoms with Gasteiger partial charge in [-0.25, -0.2) is 0 Å². The summed E-state index contributed by atoms with van der Waals surface area (Å²) in [5.74, 6) is 0. The van der Waals surface area contributed by atoms with Crippen molar-refractivity contribution >= 4 is 16.8 Å². The van der Waals surface area contributed by atoms with Crippen molar-refractivity contribution in [1.82, 2.24) is 4.57 Å². The highest BCUT2D eigenvalue weighted by Crippen LogP contribution is 2.21. The van der Waals surface area contributed by atoms with Crippen molar-refractivity contribution in [3.63, 3.8) is 0 Å². The molecule has 0 saturated heterocycles. The SMILES string of the molecule is Cc1ccc(-c2ccc(CC(=O)Cl)c(=O)n2C)cc1C. The second-order valence-electron chi connectivity index (χ2n) is 4.94. The highest BCUT2D eigenvalue weighted by atomic mass is 35.5. The summed E-state index contributed by atoms with van der Waals surface area (Å²) in [7, 11) is 1.70. The zero-order valence-electron chi connectivity index (χ0n) is 11.7. The number of halogens is 1. The number of aryl methyl sites for hydroxylation is 2. The van der Waals surface area contributed by atoms with Crippen LogP contribution in [-0.2, 0) is 18.3 Å². The largest absolute Gasteiger partial charge is 0.311 e. The molecule has 0 aliphatic rings. The highest BCUT2D eigenvalue weighted by molar-refractivity contribution is 6.63. The predicted octanol–water partition coefficient (Wildman–Crippen LogP) is 2.98. The lowest BCUT2D eigenvalue weighted by Gasteiger charge is -2.11. The summed E-state index contributed by atoms with van der Waals surface area (Å²) in [4.78, 5) is 23.1. The van der Waals surface area contributed by atoms with E-state index in [-0.39, 0.29) is 12.0 Å². The van der Waals surface area contributed by atoms with E-state index >= 15 is 0 Å². The highest BCUT2D eigenvalue weighted by Gasteiger charge is 2.10. The summed E-state index contributed by atoms with van der Waals surface area (Å²) < 4.78 is 1.55. The number of rotatable bonds is 3. The van der Waals surface area contributed by atoms with Gasteiger partial charge < -0.3 is 4.57 Å². The van der Waals surface area contributed by atoms with Gasteiger partial charge in [-0.3, -0.25) is 9.59 Å². The molecule has 20 heavy (non-hydrogen) atoms. The first-order valence-corrected chi connectivity index (χ1v) is 6.73. The lowest BCUT2D eigenvalue weighted by molar-refractivity contribution is -0.111. The number of hydrogen-bond acceptors (Lipinski definition) is 2. The van der Waals surface area contributed by atoms with Crippen LogP contribution >= 0.6 is 11.6 Å². The van der Waals surface area contributed by atoms with Gasteiger partial charge in [0.15, 0.2) is 0 Å². The van der Waals surface area contributed by atoms with Crippen LogP contribution < -0.4 is 5.56 Å². The third kappa shape index (κ3) is 2.83. The van der Waals surface area contributed by atoms with Crippen LogP contribution in [0.1, 0.15) is 16.7 Å². The third-order valence-corrected chi connectivity index (χ3v) is 3.65. The third-order valence-electron chi connectivity index (χ3n) is 3.52. The standard InChI is InChI=1S/C16H16ClNO2/c1-10-4-5-12(8-11(10)2)14-7-6-13(9-15(17)19)16(20)18(14)3/h4-8H,9H2,1-3H3. The normalized spacial score (nSPS) is 10.6. The number of pyridine rings is 1. The second kappa shape index (κ2) is 5.63. The van der Waals surface area contributed by atoms with Crippen LogP contribution in [0.4, 0.5) is 0 Å². The van der Waals surface area contributed by atoms with Crippen molar-refractivity contribution in [2.45, 2.75) is 20.3 Å². The zero-order valence-corrected chi connectivity index (χ0v) is 12.5. The Kier molecular flexibility index (Phi) is 4.09. The Hall–Kier alpha value is -1.87. The molecule has 3 nitrogen and oxygen atoms in total. The molecule has 4 heteroatoms. The lowest BCUT2D eigenvalue weighted by atomic mass is 10.0. The average Bonchev–Trinajstić information content (AvgIpc) is 2.38. The van der Waals surface area contributed by atoms with E-state index in [1.54, 1.807) is 17.7 Å². The number of hydrogen-bond donors (Lipinski definition) is 0. The van der Waals surface area contributed by atoms with Crippen molar-refractivity contribution < 1.29 is 4.79 Å². The molecule has 0 amide bonds. The summed E-state index contributed by atoms with van der Waals surface area (Å²) in [5, 5.41) is -0.527. The molecule has 0 aliphatic heterocycles. The van der Waals surface area contributed by atoms with E-state index in [9.17, 15) is 9.59 Å². The van der Waals surface area contributed by atoms with Gasteiger partial charge in [-0.15, -0.1) is 0 Å². The molecule has 0 saturated carbocycles. The Bertz CT molecular complexity index is 732. The molecule has 2 aromatic rings. The molecule has 0 spiro atoms. The topological polar surface area (TPSA) is 39.1 Å². The first-order valence-electron chi connectivity index (χ1n) is 6.35. The zero-order chi connectivity index (χ0) is 14.9. The minimum atomic E-state index is -0.527. The van der Waals surface area contributed by atoms with Gasteiger partial charge in [0.05, 0.1) is 12.1 Å². The van der Waals surface area contributed by atoms with E-state index in [4.69, 9.17) is 11.6 Å². The van der Waals surface area contributed by atoms with Crippen LogP contribution in [0.25, 0.3) is 11.3 Å². The molecule has 0 atom stereocenters. The van der Waals surface area contributed by atoms with Crippen LogP contribution in [0.5, 0.6) is 0 Å². The molecule has 104 valence electrons. The molecular formula is C16H16ClNO2. The summed E-state index contributed by atoms with van der Waals surface area (Å²) in [6.45, 7) is 4.09. The van der Waals surface area contributed by atoms with Crippen LogP contribution in [-0.4, -0.2) is 9.81 Å². The number of benzene rings is 1. The van der Waals surface area contributed by atoms with Crippen molar-refractivity contribution in [2.24, 2.45) is 7.05 Å². The van der Waals surface area contributed by atoms with E-state index < -0.39 is 5.24 Å². The fourth-order valence-electron chi connectivity index (χ4n) is 2.16. The van der Waals surface area contributed by atoms with E-state index in [2.05, 4.69) is 6.07 Å². The molecule has 0 aliphatic carbocycles. The maximum atomic E-state index is 12.2. The minimum absolute atomic E-state index is 0.0402. The number of carbonyl (C=O) groups is 1. The Balaban J connectivity index is 2.53. The minimum Gasteiger partial charge on any atom is -0.311 e. The Morgan fingerprint density at radius 3 is 2.45 bits per heavy atom. The van der Waals surface area contributed by atoms with Crippen LogP contribution in [0.15, 0.2) is 35.1 Å². The van der Waals surface area contributed by atoms with Crippen molar-refractivity contribution in [3.8, 4) is 11.3 Å². The van der Waals surface area contributed by atoms with Crippen molar-refractivity contribution in [2.75, 3.05) is 0 Å². The van der Waals surface area contributed by atoms with Crippen molar-refractivity contribution in [1.29, 1.82) is 0 Å². The predicted molar refractivity (Wildman–Crippen MR) is 81.2 cm³/mol. The number of nitrogens with zero attached hydrogens (tertiary/aromatic N) is 1. The molecule has 0 radical (unpaired) electrons. The quantitative estimate of drug-likeness (QED) is 0.815. The van der Waals surface area contributed by atoms with Gasteiger partial charge in [-0.1, -0.05) is 18.2 Å². The summed E-state index contributed by atoms with van der Waals surface area (Å²) >= 11 is 5.34. The van der Waals surface area contributed by atoms with E-state index in [1.165, 1.54) is 11.1 Å². The van der Waals surface area contributed by atoms with Gasteiger partial charge in [0.2, 0.25) is 5.24 Å². The monoisotopic (exact) mass is 289 g/mol. The fourth-order valence-corrected chi connectivity index (χ4v) is 2.31. The molecule has 0 fully saturated rings. The smallest absolute Gasteiger partial charge is 0.254 e. The maximum absolute atomic E-state index is 12.2. The molecule has 1 aromatic carbocycles. The summed E-state index contributed by atoms with van der Waals surface area (Å²) in [6.07, 6.45) is -0.0402. The Morgan fingerprint density at radius 2 is 1.85 bits per heavy atom. The van der Waals surface area contributed by atoms with Gasteiger partial charge in [-0.05, 0) is 54.3 Å². The van der Waals surface area contributed by atoms with E-state index in [1.807, 2.05) is 32.0 Å². The molecule has 0 N–H and O–H groups in total. The van der Waals surface area contributed by atoms with Gasteiger partial charge in [0.25, 0.3) is 5.56 Å². The van der Waals surface area contributed by atoms with E-state index in [0.717, 1.165) is 11.3 Å². The Morgan fingerprint density at radius 1 is 1.15 bits per heavy atom. The van der Waals surface area contributed by atoms with Crippen molar-refractivity contribution in [3.05, 3.63) is 57.4 Å². The Labute approximate surface area is 122 Å². The molecule has 1 heterocycles. The second-order valence-corrected chi connectivity index (χ2v) is 5.36. The van der Waals surface area contributed by atoms with Gasteiger partial charge >= 0.3 is 0 Å². The average molecular weight is 290 g/mol. The maximum Gasteiger partial charge on any atom is 0.254 e. The number of aromatic nitrogens is 1. The van der Waals surface area contributed by atoms with Crippen LogP contribution in [0.3, 0.4) is 0 Å². The van der Waals surface area contributed by atoms with Gasteiger partial charge in [-0.2, -0.15) is 0 Å².